The van der Waals surface area contributed by atoms with Crippen molar-refractivity contribution >= 4 is 21.7 Å². The number of carbonyl (C=O) groups is 1. The van der Waals surface area contributed by atoms with E-state index in [2.05, 4.69) is 4.72 Å². The van der Waals surface area contributed by atoms with E-state index in [-0.39, 0.29) is 11.4 Å². The van der Waals surface area contributed by atoms with E-state index in [0.717, 1.165) is 0 Å². The number of methoxy groups -OCH3 is 2. The summed E-state index contributed by atoms with van der Waals surface area (Å²) in [6.07, 6.45) is 0. The molecule has 0 amide bonds. The average molecular weight is 275 g/mol. The largest absolute Gasteiger partial charge is 0.497 e. The van der Waals surface area contributed by atoms with E-state index in [9.17, 15) is 13.2 Å². The maximum atomic E-state index is 11.5. The molecule has 0 aliphatic heterocycles. The van der Waals surface area contributed by atoms with Crippen LogP contribution in [0.25, 0.3) is 0 Å². The first-order valence-electron chi connectivity index (χ1n) is 4.82. The number of carboxylic acid groups (broad SMARTS) is 1. The van der Waals surface area contributed by atoms with Crippen LogP contribution in [0.1, 0.15) is 0 Å². The molecule has 0 spiro atoms. The zero-order valence-electron chi connectivity index (χ0n) is 9.84. The lowest BCUT2D eigenvalue weighted by Crippen LogP contribution is -2.22. The molecule has 0 heterocycles. The smallest absolute Gasteiger partial charge is 0.320 e. The highest BCUT2D eigenvalue weighted by atomic mass is 32.2. The molecular weight excluding hydrogens is 262 g/mol. The van der Waals surface area contributed by atoms with Gasteiger partial charge in [0.1, 0.15) is 11.5 Å². The van der Waals surface area contributed by atoms with Gasteiger partial charge in [-0.25, -0.2) is 8.42 Å². The second-order valence-electron chi connectivity index (χ2n) is 3.32. The SMILES string of the molecule is COc1ccc(NS(=O)(=O)CC(=O)O)c(OC)c1. The summed E-state index contributed by atoms with van der Waals surface area (Å²) in [5, 5.41) is 8.47. The van der Waals surface area contributed by atoms with E-state index in [1.165, 1.54) is 32.4 Å². The molecule has 0 fully saturated rings. The molecule has 7 nitrogen and oxygen atoms in total. The zero-order valence-corrected chi connectivity index (χ0v) is 10.7. The third kappa shape index (κ3) is 3.81. The van der Waals surface area contributed by atoms with Gasteiger partial charge in [-0.2, -0.15) is 0 Å². The second kappa shape index (κ2) is 5.58. The fraction of sp³-hybridized carbons (Fsp3) is 0.300. The molecule has 1 aromatic carbocycles. The summed E-state index contributed by atoms with van der Waals surface area (Å²) in [4.78, 5) is 10.4. The van der Waals surface area contributed by atoms with Crippen molar-refractivity contribution < 1.29 is 27.8 Å². The number of nitrogens with one attached hydrogen (secondary N) is 1. The summed E-state index contributed by atoms with van der Waals surface area (Å²) in [7, 11) is -1.13. The van der Waals surface area contributed by atoms with Crippen LogP contribution in [0.2, 0.25) is 0 Å². The Labute approximate surface area is 104 Å². The van der Waals surface area contributed by atoms with Crippen LogP contribution in [0.4, 0.5) is 5.69 Å². The van der Waals surface area contributed by atoms with Crippen LogP contribution in [0, 0.1) is 0 Å². The summed E-state index contributed by atoms with van der Waals surface area (Å²) < 4.78 is 35.0. The summed E-state index contributed by atoms with van der Waals surface area (Å²) in [6.45, 7) is 0. The van der Waals surface area contributed by atoms with Gasteiger partial charge in [-0.15, -0.1) is 0 Å². The Morgan fingerprint density at radius 1 is 1.33 bits per heavy atom. The molecule has 0 aliphatic carbocycles. The van der Waals surface area contributed by atoms with Crippen molar-refractivity contribution in [2.45, 2.75) is 0 Å². The van der Waals surface area contributed by atoms with Crippen molar-refractivity contribution in [2.75, 3.05) is 24.7 Å². The number of ether oxygens (including phenoxy) is 2. The van der Waals surface area contributed by atoms with Gasteiger partial charge in [0, 0.05) is 6.07 Å². The van der Waals surface area contributed by atoms with Crippen LogP contribution in [0.3, 0.4) is 0 Å². The van der Waals surface area contributed by atoms with Crippen molar-refractivity contribution in [3.63, 3.8) is 0 Å². The number of carboxylic acids is 1. The average Bonchev–Trinajstić information content (AvgIpc) is 2.27. The van der Waals surface area contributed by atoms with Crippen molar-refractivity contribution in [2.24, 2.45) is 0 Å². The molecule has 100 valence electrons. The van der Waals surface area contributed by atoms with E-state index in [1.807, 2.05) is 0 Å². The molecule has 0 saturated carbocycles. The molecule has 0 aromatic heterocycles. The summed E-state index contributed by atoms with van der Waals surface area (Å²) >= 11 is 0. The topological polar surface area (TPSA) is 102 Å². The molecule has 0 bridgehead atoms. The van der Waals surface area contributed by atoms with Crippen molar-refractivity contribution in [1.29, 1.82) is 0 Å². The van der Waals surface area contributed by atoms with Gasteiger partial charge >= 0.3 is 5.97 Å². The van der Waals surface area contributed by atoms with Crippen LogP contribution >= 0.6 is 0 Å². The van der Waals surface area contributed by atoms with Crippen LogP contribution < -0.4 is 14.2 Å². The van der Waals surface area contributed by atoms with Gasteiger partial charge in [0.05, 0.1) is 19.9 Å². The Morgan fingerprint density at radius 3 is 2.50 bits per heavy atom. The Morgan fingerprint density at radius 2 is 2.00 bits per heavy atom. The third-order valence-electron chi connectivity index (χ3n) is 1.99. The molecule has 1 aromatic rings. The van der Waals surface area contributed by atoms with Crippen LogP contribution in [0.15, 0.2) is 18.2 Å². The van der Waals surface area contributed by atoms with Gasteiger partial charge in [0.15, 0.2) is 5.75 Å². The summed E-state index contributed by atoms with van der Waals surface area (Å²) in [5.74, 6) is -1.71. The minimum absolute atomic E-state index is 0.152. The highest BCUT2D eigenvalue weighted by Crippen LogP contribution is 2.29. The highest BCUT2D eigenvalue weighted by molar-refractivity contribution is 7.93. The Bertz CT molecular complexity index is 539. The van der Waals surface area contributed by atoms with Gasteiger partial charge in [0.2, 0.25) is 10.0 Å². The molecule has 1 rings (SSSR count). The molecular formula is C10H13NO6S. The normalized spacial score (nSPS) is 10.8. The number of hydrogen-bond acceptors (Lipinski definition) is 5. The first kappa shape index (κ1) is 14.1. The monoisotopic (exact) mass is 275 g/mol. The highest BCUT2D eigenvalue weighted by Gasteiger charge is 2.17. The van der Waals surface area contributed by atoms with Crippen molar-refractivity contribution in [1.82, 2.24) is 0 Å². The second-order valence-corrected chi connectivity index (χ2v) is 5.04. The first-order valence-corrected chi connectivity index (χ1v) is 6.47. The Kier molecular flexibility index (Phi) is 4.38. The van der Waals surface area contributed by atoms with Gasteiger partial charge in [-0.3, -0.25) is 9.52 Å². The van der Waals surface area contributed by atoms with E-state index < -0.39 is 21.7 Å². The quantitative estimate of drug-likeness (QED) is 0.785. The van der Waals surface area contributed by atoms with Crippen molar-refractivity contribution in [3.05, 3.63) is 18.2 Å². The number of anilines is 1. The molecule has 0 atom stereocenters. The molecule has 0 radical (unpaired) electrons. The fourth-order valence-corrected chi connectivity index (χ4v) is 2.15. The van der Waals surface area contributed by atoms with Gasteiger partial charge in [0.25, 0.3) is 0 Å². The van der Waals surface area contributed by atoms with E-state index >= 15 is 0 Å². The molecule has 18 heavy (non-hydrogen) atoms. The van der Waals surface area contributed by atoms with Gasteiger partial charge < -0.3 is 14.6 Å². The van der Waals surface area contributed by atoms with E-state index in [1.54, 1.807) is 0 Å². The van der Waals surface area contributed by atoms with Crippen LogP contribution in [0.5, 0.6) is 11.5 Å². The molecule has 0 saturated heterocycles. The van der Waals surface area contributed by atoms with Gasteiger partial charge in [-0.05, 0) is 12.1 Å². The Hall–Kier alpha value is -1.96. The third-order valence-corrected chi connectivity index (χ3v) is 3.15. The molecule has 0 aliphatic rings. The van der Waals surface area contributed by atoms with E-state index in [4.69, 9.17) is 14.6 Å². The lowest BCUT2D eigenvalue weighted by Gasteiger charge is -2.11. The first-order chi connectivity index (χ1) is 8.38. The standard InChI is InChI=1S/C10H13NO6S/c1-16-7-3-4-8(9(5-7)17-2)11-18(14,15)6-10(12)13/h3-5,11H,6H2,1-2H3,(H,12,13). The maximum absolute atomic E-state index is 11.5. The van der Waals surface area contributed by atoms with Gasteiger partial charge in [-0.1, -0.05) is 0 Å². The lowest BCUT2D eigenvalue weighted by molar-refractivity contribution is -0.134. The van der Waals surface area contributed by atoms with Crippen LogP contribution in [-0.4, -0.2) is 39.5 Å². The zero-order chi connectivity index (χ0) is 13.8. The maximum Gasteiger partial charge on any atom is 0.320 e. The number of aliphatic carboxylic acids is 1. The number of hydrogen-bond donors (Lipinski definition) is 2. The summed E-state index contributed by atoms with van der Waals surface area (Å²) in [5.41, 5.74) is 0.152. The Balaban J connectivity index is 3.00. The minimum atomic E-state index is -3.96. The predicted octanol–water partition coefficient (Wildman–Crippen LogP) is 0.530. The molecule has 0 unspecified atom stereocenters. The lowest BCUT2D eigenvalue weighted by atomic mass is 10.3. The fourth-order valence-electron chi connectivity index (χ4n) is 1.25. The van der Waals surface area contributed by atoms with E-state index in [0.29, 0.717) is 5.75 Å². The number of rotatable bonds is 6. The number of benzene rings is 1. The number of sulfonamides is 1. The van der Waals surface area contributed by atoms with Crippen molar-refractivity contribution in [3.8, 4) is 11.5 Å². The summed E-state index contributed by atoms with van der Waals surface area (Å²) in [6, 6.07) is 4.44. The predicted molar refractivity (Wildman–Crippen MR) is 64.6 cm³/mol. The minimum Gasteiger partial charge on any atom is -0.497 e. The van der Waals surface area contributed by atoms with Crippen LogP contribution in [-0.2, 0) is 14.8 Å². The molecule has 2 N–H and O–H groups in total. The molecule has 8 heteroatoms.